The second kappa shape index (κ2) is 7.47. The maximum absolute atomic E-state index is 13.1. The van der Waals surface area contributed by atoms with E-state index in [1.165, 1.54) is 12.1 Å². The minimum Gasteiger partial charge on any atom is -0.490 e. The standard InChI is InChI=1S/C21H24FN3O2/c22-16-4-2-15(3-5-16)13-21(8-9-21)14-24-20(23)25-17-6-7-18-19(12-17)27-11-1-10-26-18/h2-7,12H,1,8-11,13-14H2,(H3,23,24,25). The first-order valence-electron chi connectivity index (χ1n) is 9.33. The molecule has 0 atom stereocenters. The van der Waals surface area contributed by atoms with E-state index in [-0.39, 0.29) is 11.2 Å². The molecule has 2 aromatic carbocycles. The molecule has 0 aromatic heterocycles. The summed E-state index contributed by atoms with van der Waals surface area (Å²) in [5, 5.41) is 3.13. The summed E-state index contributed by atoms with van der Waals surface area (Å²) >= 11 is 0. The normalized spacial score (nSPS) is 17.9. The number of hydrogen-bond donors (Lipinski definition) is 2. The van der Waals surface area contributed by atoms with E-state index in [4.69, 9.17) is 15.2 Å². The highest BCUT2D eigenvalue weighted by atomic mass is 19.1. The molecule has 27 heavy (non-hydrogen) atoms. The van der Waals surface area contributed by atoms with E-state index in [1.54, 1.807) is 0 Å². The summed E-state index contributed by atoms with van der Waals surface area (Å²) in [4.78, 5) is 4.54. The van der Waals surface area contributed by atoms with E-state index in [0.29, 0.717) is 25.7 Å². The second-order valence-corrected chi connectivity index (χ2v) is 7.34. The quantitative estimate of drug-likeness (QED) is 0.622. The number of benzene rings is 2. The smallest absolute Gasteiger partial charge is 0.193 e. The third-order valence-corrected chi connectivity index (χ3v) is 5.05. The van der Waals surface area contributed by atoms with Crippen molar-refractivity contribution in [2.24, 2.45) is 16.1 Å². The summed E-state index contributed by atoms with van der Waals surface area (Å²) in [6.45, 7) is 1.97. The van der Waals surface area contributed by atoms with Crippen molar-refractivity contribution in [3.8, 4) is 11.5 Å². The van der Waals surface area contributed by atoms with E-state index < -0.39 is 0 Å². The van der Waals surface area contributed by atoms with Crippen LogP contribution in [0.1, 0.15) is 24.8 Å². The summed E-state index contributed by atoms with van der Waals surface area (Å²) in [5.74, 6) is 1.66. The Balaban J connectivity index is 1.37. The molecule has 1 fully saturated rings. The molecule has 2 aromatic rings. The molecular weight excluding hydrogens is 345 g/mol. The lowest BCUT2D eigenvalue weighted by Gasteiger charge is -2.14. The highest BCUT2D eigenvalue weighted by Crippen LogP contribution is 2.48. The molecule has 6 heteroatoms. The maximum atomic E-state index is 13.1. The molecule has 142 valence electrons. The van der Waals surface area contributed by atoms with Crippen LogP contribution in [0, 0.1) is 11.2 Å². The largest absolute Gasteiger partial charge is 0.490 e. The van der Waals surface area contributed by atoms with Crippen molar-refractivity contribution in [1.29, 1.82) is 0 Å². The van der Waals surface area contributed by atoms with Crippen LogP contribution in [0.5, 0.6) is 11.5 Å². The molecule has 0 saturated heterocycles. The molecule has 0 amide bonds. The molecule has 4 rings (SSSR count). The second-order valence-electron chi connectivity index (χ2n) is 7.34. The highest BCUT2D eigenvalue weighted by molar-refractivity contribution is 5.92. The number of guanidine groups is 1. The van der Waals surface area contributed by atoms with Gasteiger partial charge in [0.1, 0.15) is 5.82 Å². The van der Waals surface area contributed by atoms with Gasteiger partial charge in [-0.1, -0.05) is 12.1 Å². The number of ether oxygens (including phenoxy) is 2. The summed E-state index contributed by atoms with van der Waals surface area (Å²) in [6.07, 6.45) is 4.00. The van der Waals surface area contributed by atoms with Crippen molar-refractivity contribution in [2.45, 2.75) is 25.7 Å². The fourth-order valence-corrected chi connectivity index (χ4v) is 3.28. The van der Waals surface area contributed by atoms with Crippen LogP contribution in [-0.4, -0.2) is 25.7 Å². The minimum absolute atomic E-state index is 0.148. The van der Waals surface area contributed by atoms with Crippen LogP contribution in [0.3, 0.4) is 0 Å². The molecule has 0 spiro atoms. The maximum Gasteiger partial charge on any atom is 0.193 e. The molecule has 1 heterocycles. The first-order valence-corrected chi connectivity index (χ1v) is 9.33. The van der Waals surface area contributed by atoms with Gasteiger partial charge in [-0.25, -0.2) is 4.39 Å². The summed E-state index contributed by atoms with van der Waals surface area (Å²) in [5.41, 5.74) is 8.19. The lowest BCUT2D eigenvalue weighted by Crippen LogP contribution is -2.24. The SMILES string of the molecule is NC(=NCC1(Cc2ccc(F)cc2)CC1)Nc1ccc2c(c1)OCCCO2. The first kappa shape index (κ1) is 17.6. The number of rotatable bonds is 5. The van der Waals surface area contributed by atoms with Crippen LogP contribution in [0.15, 0.2) is 47.5 Å². The fraction of sp³-hybridized carbons (Fsp3) is 0.381. The van der Waals surface area contributed by atoms with Gasteiger partial charge in [0.25, 0.3) is 0 Å². The zero-order chi connectivity index (χ0) is 18.7. The Labute approximate surface area is 158 Å². The van der Waals surface area contributed by atoms with E-state index >= 15 is 0 Å². The van der Waals surface area contributed by atoms with Crippen LogP contribution >= 0.6 is 0 Å². The van der Waals surface area contributed by atoms with Gasteiger partial charge >= 0.3 is 0 Å². The molecule has 5 nitrogen and oxygen atoms in total. The van der Waals surface area contributed by atoms with E-state index in [2.05, 4.69) is 10.3 Å². The van der Waals surface area contributed by atoms with Gasteiger partial charge in [0.15, 0.2) is 17.5 Å². The molecule has 1 saturated carbocycles. The molecule has 1 aliphatic heterocycles. The van der Waals surface area contributed by atoms with Crippen LogP contribution in [0.25, 0.3) is 0 Å². The summed E-state index contributed by atoms with van der Waals surface area (Å²) in [6, 6.07) is 12.4. The monoisotopic (exact) mass is 369 g/mol. The molecule has 3 N–H and O–H groups in total. The van der Waals surface area contributed by atoms with Gasteiger partial charge < -0.3 is 20.5 Å². The summed E-state index contributed by atoms with van der Waals surface area (Å²) < 4.78 is 24.4. The van der Waals surface area contributed by atoms with Gasteiger partial charge in [-0.3, -0.25) is 4.99 Å². The summed E-state index contributed by atoms with van der Waals surface area (Å²) in [7, 11) is 0. The van der Waals surface area contributed by atoms with E-state index in [1.807, 2.05) is 30.3 Å². The van der Waals surface area contributed by atoms with Crippen molar-refractivity contribution >= 4 is 11.6 Å². The Bertz CT molecular complexity index is 832. The number of halogens is 1. The Morgan fingerprint density at radius 1 is 1.07 bits per heavy atom. The van der Waals surface area contributed by atoms with Crippen LogP contribution in [-0.2, 0) is 6.42 Å². The molecule has 0 radical (unpaired) electrons. The van der Waals surface area contributed by atoms with Crippen molar-refractivity contribution < 1.29 is 13.9 Å². The molecule has 2 aliphatic rings. The third kappa shape index (κ3) is 4.51. The minimum atomic E-state index is -0.204. The van der Waals surface area contributed by atoms with Gasteiger partial charge in [0.2, 0.25) is 0 Å². The molecule has 0 unspecified atom stereocenters. The van der Waals surface area contributed by atoms with E-state index in [0.717, 1.165) is 48.4 Å². The number of aliphatic imine (C=N–C) groups is 1. The van der Waals surface area contributed by atoms with Crippen LogP contribution in [0.2, 0.25) is 0 Å². The Morgan fingerprint density at radius 2 is 1.81 bits per heavy atom. The van der Waals surface area contributed by atoms with Gasteiger partial charge in [-0.2, -0.15) is 0 Å². The van der Waals surface area contributed by atoms with Crippen molar-refractivity contribution in [3.05, 3.63) is 53.8 Å². The molecule has 0 bridgehead atoms. The number of fused-ring (bicyclic) bond motifs is 1. The van der Waals surface area contributed by atoms with Gasteiger partial charge in [-0.15, -0.1) is 0 Å². The average Bonchev–Trinajstić information content (AvgIpc) is 3.46. The predicted molar refractivity (Wildman–Crippen MR) is 104 cm³/mol. The van der Waals surface area contributed by atoms with Crippen molar-refractivity contribution in [1.82, 2.24) is 0 Å². The van der Waals surface area contributed by atoms with Crippen LogP contribution in [0.4, 0.5) is 10.1 Å². The van der Waals surface area contributed by atoms with Gasteiger partial charge in [0, 0.05) is 24.7 Å². The Hall–Kier alpha value is -2.76. The van der Waals surface area contributed by atoms with Crippen molar-refractivity contribution in [3.63, 3.8) is 0 Å². The van der Waals surface area contributed by atoms with Gasteiger partial charge in [0.05, 0.1) is 13.2 Å². The lowest BCUT2D eigenvalue weighted by atomic mass is 9.97. The topological polar surface area (TPSA) is 68.9 Å². The zero-order valence-electron chi connectivity index (χ0n) is 15.2. The molecule has 1 aliphatic carbocycles. The fourth-order valence-electron chi connectivity index (χ4n) is 3.28. The lowest BCUT2D eigenvalue weighted by molar-refractivity contribution is 0.297. The number of anilines is 1. The number of hydrogen-bond acceptors (Lipinski definition) is 3. The number of nitrogens with one attached hydrogen (secondary N) is 1. The zero-order valence-corrected chi connectivity index (χ0v) is 15.2. The molecular formula is C21H24FN3O2. The first-order chi connectivity index (χ1) is 13.1. The Morgan fingerprint density at radius 3 is 2.56 bits per heavy atom. The van der Waals surface area contributed by atoms with E-state index in [9.17, 15) is 4.39 Å². The number of nitrogens with zero attached hydrogens (tertiary/aromatic N) is 1. The van der Waals surface area contributed by atoms with Crippen molar-refractivity contribution in [2.75, 3.05) is 25.1 Å². The predicted octanol–water partition coefficient (Wildman–Crippen LogP) is 3.74. The third-order valence-electron chi connectivity index (χ3n) is 5.05. The van der Waals surface area contributed by atoms with Crippen LogP contribution < -0.4 is 20.5 Å². The Kier molecular flexibility index (Phi) is 4.88. The van der Waals surface area contributed by atoms with Gasteiger partial charge in [-0.05, 0) is 54.5 Å². The average molecular weight is 369 g/mol. The highest BCUT2D eigenvalue weighted by Gasteiger charge is 2.42. The number of nitrogens with two attached hydrogens (primary N) is 1.